The Labute approximate surface area is 83.4 Å². The van der Waals surface area contributed by atoms with Crippen molar-refractivity contribution in [3.63, 3.8) is 0 Å². The number of hydrogen-bond acceptors (Lipinski definition) is 2. The maximum atomic E-state index is 5.51. The predicted molar refractivity (Wildman–Crippen MR) is 46.3 cm³/mol. The molecule has 0 aliphatic heterocycles. The standard InChI is InChI=1S/C5H2Cl4N2/c6-4-10-2-1-3(11-4)5(7,8)9/h1-2H. The quantitative estimate of drug-likeness (QED) is 0.507. The Morgan fingerprint density at radius 3 is 2.27 bits per heavy atom. The van der Waals surface area contributed by atoms with Crippen LogP contribution in [0.25, 0.3) is 0 Å². The predicted octanol–water partition coefficient (Wildman–Crippen LogP) is 2.96. The Morgan fingerprint density at radius 2 is 1.91 bits per heavy atom. The van der Waals surface area contributed by atoms with Crippen LogP contribution in [-0.2, 0) is 3.79 Å². The van der Waals surface area contributed by atoms with E-state index in [2.05, 4.69) is 9.97 Å². The van der Waals surface area contributed by atoms with Gasteiger partial charge in [0.05, 0.1) is 5.69 Å². The number of aromatic nitrogens is 2. The highest BCUT2D eigenvalue weighted by Crippen LogP contribution is 2.36. The van der Waals surface area contributed by atoms with Crippen LogP contribution in [0, 0.1) is 0 Å². The number of alkyl halides is 3. The van der Waals surface area contributed by atoms with Crippen LogP contribution in [0.1, 0.15) is 5.69 Å². The third-order valence-corrected chi connectivity index (χ3v) is 1.68. The van der Waals surface area contributed by atoms with Gasteiger partial charge in [0.1, 0.15) is 0 Å². The normalized spacial score (nSPS) is 11.6. The van der Waals surface area contributed by atoms with Gasteiger partial charge in [-0.1, -0.05) is 34.8 Å². The van der Waals surface area contributed by atoms with Gasteiger partial charge in [0.15, 0.2) is 0 Å². The fourth-order valence-corrected chi connectivity index (χ4v) is 0.956. The third kappa shape index (κ3) is 2.64. The number of halogens is 4. The van der Waals surface area contributed by atoms with Crippen molar-refractivity contribution in [2.24, 2.45) is 0 Å². The van der Waals surface area contributed by atoms with Crippen molar-refractivity contribution >= 4 is 46.4 Å². The summed E-state index contributed by atoms with van der Waals surface area (Å²) in [7, 11) is 0. The Kier molecular flexibility index (Phi) is 2.81. The van der Waals surface area contributed by atoms with Crippen LogP contribution in [0.4, 0.5) is 0 Å². The molecule has 0 bridgehead atoms. The first-order valence-electron chi connectivity index (χ1n) is 2.56. The van der Waals surface area contributed by atoms with Gasteiger partial charge < -0.3 is 0 Å². The molecule has 11 heavy (non-hydrogen) atoms. The first kappa shape index (κ1) is 9.33. The summed E-state index contributed by atoms with van der Waals surface area (Å²) in [4.78, 5) is 7.33. The van der Waals surface area contributed by atoms with Crippen LogP contribution in [0.2, 0.25) is 5.28 Å². The van der Waals surface area contributed by atoms with E-state index < -0.39 is 3.79 Å². The summed E-state index contributed by atoms with van der Waals surface area (Å²) in [5, 5.41) is 0.0637. The third-order valence-electron chi connectivity index (χ3n) is 0.917. The fraction of sp³-hybridized carbons (Fsp3) is 0.200. The lowest BCUT2D eigenvalue weighted by Gasteiger charge is -2.08. The molecule has 0 amide bonds. The smallest absolute Gasteiger partial charge is 0.227 e. The van der Waals surface area contributed by atoms with Gasteiger partial charge in [-0.15, -0.1) is 0 Å². The average molecular weight is 232 g/mol. The molecule has 0 N–H and O–H groups in total. The molecule has 2 nitrogen and oxygen atoms in total. The highest BCUT2D eigenvalue weighted by atomic mass is 35.6. The van der Waals surface area contributed by atoms with E-state index in [0.29, 0.717) is 0 Å². The summed E-state index contributed by atoms with van der Waals surface area (Å²) in [5.41, 5.74) is 0.266. The summed E-state index contributed by atoms with van der Waals surface area (Å²) in [5.74, 6) is 0. The molecule has 6 heteroatoms. The van der Waals surface area contributed by atoms with Crippen molar-refractivity contribution in [1.82, 2.24) is 9.97 Å². The Morgan fingerprint density at radius 1 is 1.27 bits per heavy atom. The lowest BCUT2D eigenvalue weighted by atomic mass is 10.4. The fourth-order valence-electron chi connectivity index (χ4n) is 0.493. The van der Waals surface area contributed by atoms with Crippen LogP contribution in [0.15, 0.2) is 12.3 Å². The molecule has 1 rings (SSSR count). The first-order valence-corrected chi connectivity index (χ1v) is 4.07. The molecular formula is C5H2Cl4N2. The largest absolute Gasteiger partial charge is 0.232 e. The zero-order valence-corrected chi connectivity index (χ0v) is 8.08. The van der Waals surface area contributed by atoms with E-state index in [1.807, 2.05) is 0 Å². The number of nitrogens with zero attached hydrogens (tertiary/aromatic N) is 2. The molecule has 0 fully saturated rings. The van der Waals surface area contributed by atoms with Gasteiger partial charge in [0.25, 0.3) is 0 Å². The maximum absolute atomic E-state index is 5.51. The molecule has 0 atom stereocenters. The second-order valence-corrected chi connectivity index (χ2v) is 4.33. The number of hydrogen-bond donors (Lipinski definition) is 0. The number of rotatable bonds is 0. The van der Waals surface area contributed by atoms with Gasteiger partial charge in [-0.05, 0) is 17.7 Å². The van der Waals surface area contributed by atoms with Gasteiger partial charge in [-0.3, -0.25) is 0 Å². The molecule has 1 aromatic rings. The van der Waals surface area contributed by atoms with Gasteiger partial charge in [0.2, 0.25) is 9.08 Å². The van der Waals surface area contributed by atoms with Crippen LogP contribution in [-0.4, -0.2) is 9.97 Å². The molecule has 0 aliphatic rings. The van der Waals surface area contributed by atoms with E-state index >= 15 is 0 Å². The van der Waals surface area contributed by atoms with Crippen LogP contribution < -0.4 is 0 Å². The van der Waals surface area contributed by atoms with Crippen LogP contribution in [0.5, 0.6) is 0 Å². The highest BCUT2D eigenvalue weighted by Gasteiger charge is 2.24. The van der Waals surface area contributed by atoms with Crippen molar-refractivity contribution in [1.29, 1.82) is 0 Å². The lowest BCUT2D eigenvalue weighted by Crippen LogP contribution is -2.03. The van der Waals surface area contributed by atoms with E-state index in [1.165, 1.54) is 12.3 Å². The van der Waals surface area contributed by atoms with Crippen molar-refractivity contribution < 1.29 is 0 Å². The topological polar surface area (TPSA) is 25.8 Å². The molecule has 0 aliphatic carbocycles. The van der Waals surface area contributed by atoms with Crippen LogP contribution >= 0.6 is 46.4 Å². The minimum Gasteiger partial charge on any atom is -0.227 e. The summed E-state index contributed by atoms with van der Waals surface area (Å²) in [6.45, 7) is 0. The molecule has 1 aromatic heterocycles. The highest BCUT2D eigenvalue weighted by molar-refractivity contribution is 6.66. The van der Waals surface area contributed by atoms with E-state index in [4.69, 9.17) is 46.4 Å². The SMILES string of the molecule is Clc1nccc(C(Cl)(Cl)Cl)n1. The molecule has 0 radical (unpaired) electrons. The molecule has 0 aromatic carbocycles. The molecule has 0 saturated carbocycles. The molecule has 60 valence electrons. The molecule has 0 unspecified atom stereocenters. The molecule has 0 spiro atoms. The second kappa shape index (κ2) is 3.31. The van der Waals surface area contributed by atoms with E-state index in [1.54, 1.807) is 0 Å². The summed E-state index contributed by atoms with van der Waals surface area (Å²) in [6.07, 6.45) is 1.42. The molecule has 1 heterocycles. The summed E-state index contributed by atoms with van der Waals surface area (Å²) < 4.78 is -1.54. The van der Waals surface area contributed by atoms with Crippen molar-refractivity contribution in [2.75, 3.05) is 0 Å². The Balaban J connectivity index is 3.06. The molecule has 0 saturated heterocycles. The van der Waals surface area contributed by atoms with E-state index in [0.717, 1.165) is 0 Å². The summed E-state index contributed by atoms with van der Waals surface area (Å²) >= 11 is 22.0. The zero-order chi connectivity index (χ0) is 8.48. The van der Waals surface area contributed by atoms with E-state index in [9.17, 15) is 0 Å². The lowest BCUT2D eigenvalue weighted by molar-refractivity contribution is 1.03. The Hall–Kier alpha value is 0.240. The van der Waals surface area contributed by atoms with Crippen molar-refractivity contribution in [3.05, 3.63) is 23.2 Å². The monoisotopic (exact) mass is 230 g/mol. The summed E-state index contributed by atoms with van der Waals surface area (Å²) in [6, 6.07) is 1.48. The van der Waals surface area contributed by atoms with E-state index in [-0.39, 0.29) is 11.0 Å². The minimum absolute atomic E-state index is 0.0637. The van der Waals surface area contributed by atoms with Crippen LogP contribution in [0.3, 0.4) is 0 Å². The van der Waals surface area contributed by atoms with Gasteiger partial charge >= 0.3 is 0 Å². The van der Waals surface area contributed by atoms with Gasteiger partial charge in [-0.25, -0.2) is 9.97 Å². The zero-order valence-electron chi connectivity index (χ0n) is 5.06. The van der Waals surface area contributed by atoms with Gasteiger partial charge in [-0.2, -0.15) is 0 Å². The first-order chi connectivity index (χ1) is 5.00. The van der Waals surface area contributed by atoms with Crippen molar-refractivity contribution in [2.45, 2.75) is 3.79 Å². The Bertz CT molecular complexity index is 257. The second-order valence-electron chi connectivity index (χ2n) is 1.71. The average Bonchev–Trinajstić information content (AvgIpc) is 1.86. The van der Waals surface area contributed by atoms with Gasteiger partial charge in [0, 0.05) is 6.20 Å². The van der Waals surface area contributed by atoms with Crippen molar-refractivity contribution in [3.8, 4) is 0 Å². The maximum Gasteiger partial charge on any atom is 0.232 e. The molecular weight excluding hydrogens is 230 g/mol. The minimum atomic E-state index is -1.54.